The summed E-state index contributed by atoms with van der Waals surface area (Å²) in [6.45, 7) is 8.08. The zero-order chi connectivity index (χ0) is 19.5. The van der Waals surface area contributed by atoms with E-state index in [-0.39, 0.29) is 11.5 Å². The maximum atomic E-state index is 8.70. The Labute approximate surface area is 162 Å². The van der Waals surface area contributed by atoms with Crippen LogP contribution in [-0.2, 0) is 4.74 Å². The fourth-order valence-corrected chi connectivity index (χ4v) is 2.52. The van der Waals surface area contributed by atoms with Gasteiger partial charge in [0.2, 0.25) is 0 Å². The maximum Gasteiger partial charge on any atom is 0.0952 e. The molecule has 1 nitrogen and oxygen atoms in total. The van der Waals surface area contributed by atoms with E-state index in [1.54, 1.807) is 7.11 Å². The lowest BCUT2D eigenvalue weighted by atomic mass is 9.77. The molecule has 0 amide bonds. The largest absolute Gasteiger partial charge is 0.373 e. The van der Waals surface area contributed by atoms with Crippen molar-refractivity contribution in [2.75, 3.05) is 7.11 Å². The van der Waals surface area contributed by atoms with Gasteiger partial charge in [0.1, 0.15) is 0 Å². The number of ether oxygens (including phenoxy) is 1. The highest BCUT2D eigenvalue weighted by Gasteiger charge is 2.35. The predicted molar refractivity (Wildman–Crippen MR) is 108 cm³/mol. The minimum atomic E-state index is -0.781. The van der Waals surface area contributed by atoms with Crippen molar-refractivity contribution < 1.29 is 6.11 Å². The first-order valence-corrected chi connectivity index (χ1v) is 8.89. The Morgan fingerprint density at radius 3 is 1.64 bits per heavy atom. The van der Waals surface area contributed by atoms with Gasteiger partial charge >= 0.3 is 0 Å². The fourth-order valence-electron chi connectivity index (χ4n) is 2.27. The van der Waals surface area contributed by atoms with Gasteiger partial charge < -0.3 is 4.74 Å². The molecule has 0 fully saturated rings. The molecule has 2 rings (SSSR count). The Kier molecular flexibility index (Phi) is 5.71. The van der Waals surface area contributed by atoms with E-state index >= 15 is 0 Å². The van der Waals surface area contributed by atoms with Crippen LogP contribution in [0.2, 0.25) is 10.0 Å². The van der Waals surface area contributed by atoms with Crippen LogP contribution in [0.15, 0.2) is 60.3 Å². The Balaban J connectivity index is 2.75. The average molecular weight is 376 g/mol. The average Bonchev–Trinajstić information content (AvgIpc) is 2.59. The molecule has 0 aromatic heterocycles. The van der Waals surface area contributed by atoms with Gasteiger partial charge in [0, 0.05) is 22.7 Å². The molecule has 0 N–H and O–H groups in total. The van der Waals surface area contributed by atoms with Crippen LogP contribution < -0.4 is 0 Å². The third-order valence-electron chi connectivity index (χ3n) is 4.53. The van der Waals surface area contributed by atoms with Crippen LogP contribution in [0, 0.1) is 5.41 Å². The Hall–Kier alpha value is -1.50. The molecule has 0 spiro atoms. The summed E-state index contributed by atoms with van der Waals surface area (Å²) in [7, 11) is 1.63. The topological polar surface area (TPSA) is 9.23 Å². The van der Waals surface area contributed by atoms with Gasteiger partial charge in [0.05, 0.1) is 6.97 Å². The number of hydrogen-bond donors (Lipinski definition) is 0. The molecule has 0 bridgehead atoms. The normalized spacial score (nSPS) is 14.3. The standard InChI is InChI=1S/C22H24Cl2O/c1-21(2,3)22(4,25-5)15-14-20(16-6-10-18(23)11-7-16)17-8-12-19(24)13-9-17/h6-13,15H,1-5H3/i15D. The third kappa shape index (κ3) is 4.77. The third-order valence-corrected chi connectivity index (χ3v) is 5.04. The molecule has 0 saturated heterocycles. The van der Waals surface area contributed by atoms with Crippen LogP contribution in [0.5, 0.6) is 0 Å². The molecule has 0 heterocycles. The van der Waals surface area contributed by atoms with E-state index < -0.39 is 5.60 Å². The number of hydrogen-bond acceptors (Lipinski definition) is 1. The summed E-state index contributed by atoms with van der Waals surface area (Å²) in [4.78, 5) is 0. The summed E-state index contributed by atoms with van der Waals surface area (Å²) in [5.74, 6) is 0. The second-order valence-corrected chi connectivity index (χ2v) is 8.00. The van der Waals surface area contributed by atoms with Gasteiger partial charge in [0.25, 0.3) is 0 Å². The quantitative estimate of drug-likeness (QED) is 0.521. The minimum absolute atomic E-state index is 0.267. The second-order valence-electron chi connectivity index (χ2n) is 7.13. The summed E-state index contributed by atoms with van der Waals surface area (Å²) in [5.41, 5.74) is 4.88. The van der Waals surface area contributed by atoms with Crippen molar-refractivity contribution in [2.24, 2.45) is 5.41 Å². The molecule has 0 aliphatic carbocycles. The zero-order valence-electron chi connectivity index (χ0n) is 16.3. The second kappa shape index (κ2) is 7.81. The van der Waals surface area contributed by atoms with Crippen LogP contribution in [-0.4, -0.2) is 12.7 Å². The molecule has 1 atom stereocenters. The van der Waals surface area contributed by atoms with Crippen LogP contribution in [0.1, 0.15) is 40.2 Å². The molecule has 0 aliphatic heterocycles. The Morgan fingerprint density at radius 2 is 1.32 bits per heavy atom. The first-order valence-electron chi connectivity index (χ1n) is 8.63. The van der Waals surface area contributed by atoms with Crippen molar-refractivity contribution in [1.82, 2.24) is 0 Å². The molecule has 1 unspecified atom stereocenters. The highest BCUT2D eigenvalue weighted by atomic mass is 35.5. The molecule has 2 aromatic rings. The van der Waals surface area contributed by atoms with Crippen LogP contribution in [0.3, 0.4) is 0 Å². The first kappa shape index (κ1) is 18.3. The fraction of sp³-hybridized carbons (Fsp3) is 0.318. The van der Waals surface area contributed by atoms with E-state index in [1.165, 1.54) is 0 Å². The molecule has 132 valence electrons. The number of methoxy groups -OCH3 is 1. The first-order chi connectivity index (χ1) is 12.1. The van der Waals surface area contributed by atoms with Gasteiger partial charge in [-0.15, -0.1) is 5.73 Å². The molecular weight excluding hydrogens is 351 g/mol. The van der Waals surface area contributed by atoms with Crippen molar-refractivity contribution in [3.8, 4) is 0 Å². The minimum Gasteiger partial charge on any atom is -0.373 e. The smallest absolute Gasteiger partial charge is 0.0952 e. The summed E-state index contributed by atoms with van der Waals surface area (Å²) < 4.78 is 14.4. The van der Waals surface area contributed by atoms with Gasteiger partial charge in [-0.1, -0.05) is 68.2 Å². The monoisotopic (exact) mass is 375 g/mol. The van der Waals surface area contributed by atoms with Gasteiger partial charge in [-0.3, -0.25) is 0 Å². The van der Waals surface area contributed by atoms with Crippen LogP contribution in [0.25, 0.3) is 5.57 Å². The highest BCUT2D eigenvalue weighted by Crippen LogP contribution is 2.35. The van der Waals surface area contributed by atoms with Crippen molar-refractivity contribution in [3.63, 3.8) is 0 Å². The van der Waals surface area contributed by atoms with Crippen molar-refractivity contribution in [2.45, 2.75) is 33.3 Å². The molecule has 25 heavy (non-hydrogen) atoms. The van der Waals surface area contributed by atoms with Crippen molar-refractivity contribution >= 4 is 28.8 Å². The molecule has 0 radical (unpaired) electrons. The molecule has 0 aliphatic rings. The van der Waals surface area contributed by atoms with Crippen LogP contribution >= 0.6 is 23.2 Å². The van der Waals surface area contributed by atoms with E-state index in [2.05, 4.69) is 26.5 Å². The van der Waals surface area contributed by atoms with Gasteiger partial charge in [0.15, 0.2) is 0 Å². The summed E-state index contributed by atoms with van der Waals surface area (Å²) >= 11 is 12.1. The summed E-state index contributed by atoms with van der Waals surface area (Å²) in [6.07, 6.45) is 0. The van der Waals surface area contributed by atoms with E-state index in [0.717, 1.165) is 16.7 Å². The highest BCUT2D eigenvalue weighted by molar-refractivity contribution is 6.31. The van der Waals surface area contributed by atoms with Gasteiger partial charge in [-0.25, -0.2) is 0 Å². The maximum absolute atomic E-state index is 8.70. The lowest BCUT2D eigenvalue weighted by Crippen LogP contribution is -2.39. The number of rotatable bonds is 4. The zero-order valence-corrected chi connectivity index (χ0v) is 16.8. The Morgan fingerprint density at radius 1 is 0.920 bits per heavy atom. The number of benzene rings is 2. The lowest BCUT2D eigenvalue weighted by Gasteiger charge is -2.37. The van der Waals surface area contributed by atoms with E-state index in [0.29, 0.717) is 10.0 Å². The Bertz CT molecular complexity index is 778. The summed E-state index contributed by atoms with van der Waals surface area (Å²) in [5, 5.41) is 1.33. The molecule has 2 aromatic carbocycles. The lowest BCUT2D eigenvalue weighted by molar-refractivity contribution is -0.0372. The van der Waals surface area contributed by atoms with E-state index in [9.17, 15) is 0 Å². The molecular formula is C22H24Cl2O. The SMILES string of the molecule is [2H]C(=C=C(c1ccc(Cl)cc1)c1ccc(Cl)cc1)C(C)(OC)C(C)(C)C. The molecule has 0 saturated carbocycles. The van der Waals surface area contributed by atoms with E-state index in [1.807, 2.05) is 55.5 Å². The van der Waals surface area contributed by atoms with Crippen molar-refractivity contribution in [3.05, 3.63) is 81.5 Å². The van der Waals surface area contributed by atoms with E-state index in [4.69, 9.17) is 29.3 Å². The summed E-state index contributed by atoms with van der Waals surface area (Å²) in [6, 6.07) is 15.3. The predicted octanol–water partition coefficient (Wildman–Crippen LogP) is 7.03. The van der Waals surface area contributed by atoms with Gasteiger partial charge in [-0.05, 0) is 53.8 Å². The van der Waals surface area contributed by atoms with Crippen molar-refractivity contribution in [1.29, 1.82) is 0 Å². The molecule has 3 heteroatoms. The van der Waals surface area contributed by atoms with Gasteiger partial charge in [-0.2, -0.15) is 0 Å². The van der Waals surface area contributed by atoms with Crippen LogP contribution in [0.4, 0.5) is 0 Å². The number of halogens is 2.